The molecule has 0 amide bonds. The van der Waals surface area contributed by atoms with E-state index in [4.69, 9.17) is 10.5 Å². The molecule has 0 saturated carbocycles. The minimum Gasteiger partial charge on any atom is -0.385 e. The van der Waals surface area contributed by atoms with Crippen molar-refractivity contribution in [1.82, 2.24) is 4.90 Å². The number of hydrogen-bond donors (Lipinski definition) is 1. The minimum atomic E-state index is -0.179. The van der Waals surface area contributed by atoms with Crippen molar-refractivity contribution in [2.24, 2.45) is 5.73 Å². The van der Waals surface area contributed by atoms with Gasteiger partial charge in [-0.25, -0.2) is 4.39 Å². The van der Waals surface area contributed by atoms with Crippen molar-refractivity contribution in [2.75, 3.05) is 33.9 Å². The quantitative estimate of drug-likeness (QED) is 0.736. The van der Waals surface area contributed by atoms with Gasteiger partial charge in [-0.2, -0.15) is 0 Å². The predicted molar refractivity (Wildman–Crippen MR) is 76.7 cm³/mol. The Labute approximate surface area is 115 Å². The van der Waals surface area contributed by atoms with Gasteiger partial charge in [0, 0.05) is 26.3 Å². The Hall–Kier alpha value is -0.970. The number of aryl methyl sites for hydroxylation is 1. The van der Waals surface area contributed by atoms with E-state index in [2.05, 4.69) is 11.9 Å². The van der Waals surface area contributed by atoms with Gasteiger partial charge in [0.1, 0.15) is 5.82 Å². The second kappa shape index (κ2) is 8.25. The van der Waals surface area contributed by atoms with E-state index >= 15 is 0 Å². The molecule has 0 bridgehead atoms. The minimum absolute atomic E-state index is 0.111. The first-order chi connectivity index (χ1) is 9.04. The van der Waals surface area contributed by atoms with E-state index in [1.165, 1.54) is 0 Å². The number of rotatable bonds is 8. The summed E-state index contributed by atoms with van der Waals surface area (Å²) in [6.45, 7) is 4.43. The SMILES string of the molecule is COCCCN(C)CCC(N)c1ccc(C)c(F)c1. The van der Waals surface area contributed by atoms with Crippen molar-refractivity contribution in [3.8, 4) is 0 Å². The van der Waals surface area contributed by atoms with Crippen LogP contribution in [0, 0.1) is 12.7 Å². The van der Waals surface area contributed by atoms with Gasteiger partial charge in [-0.15, -0.1) is 0 Å². The number of nitrogens with two attached hydrogens (primary N) is 1. The van der Waals surface area contributed by atoms with Crippen LogP contribution in [0.2, 0.25) is 0 Å². The third kappa shape index (κ3) is 5.68. The standard InChI is InChI=1S/C15H25FN2O/c1-12-5-6-13(11-14(12)16)15(17)7-9-18(2)8-4-10-19-3/h5-6,11,15H,4,7-10,17H2,1-3H3. The first kappa shape index (κ1) is 16.1. The molecular formula is C15H25FN2O. The molecule has 3 nitrogen and oxygen atoms in total. The lowest BCUT2D eigenvalue weighted by atomic mass is 10.0. The third-order valence-electron chi connectivity index (χ3n) is 3.33. The average Bonchev–Trinajstić information content (AvgIpc) is 2.39. The van der Waals surface area contributed by atoms with Crippen molar-refractivity contribution < 1.29 is 9.13 Å². The summed E-state index contributed by atoms with van der Waals surface area (Å²) >= 11 is 0. The molecule has 1 aromatic rings. The molecule has 0 fully saturated rings. The van der Waals surface area contributed by atoms with Crippen LogP contribution >= 0.6 is 0 Å². The van der Waals surface area contributed by atoms with E-state index in [1.54, 1.807) is 26.2 Å². The Kier molecular flexibility index (Phi) is 6.99. The fourth-order valence-corrected chi connectivity index (χ4v) is 1.96. The van der Waals surface area contributed by atoms with Crippen LogP contribution in [0.3, 0.4) is 0 Å². The zero-order chi connectivity index (χ0) is 14.3. The van der Waals surface area contributed by atoms with Gasteiger partial charge < -0.3 is 15.4 Å². The van der Waals surface area contributed by atoms with Crippen LogP contribution in [0.1, 0.15) is 30.0 Å². The monoisotopic (exact) mass is 268 g/mol. The van der Waals surface area contributed by atoms with Crippen LogP contribution in [0.5, 0.6) is 0 Å². The van der Waals surface area contributed by atoms with E-state index < -0.39 is 0 Å². The Morgan fingerprint density at radius 2 is 2.11 bits per heavy atom. The first-order valence-electron chi connectivity index (χ1n) is 6.73. The van der Waals surface area contributed by atoms with Gasteiger partial charge in [-0.1, -0.05) is 12.1 Å². The van der Waals surface area contributed by atoms with Gasteiger partial charge in [-0.05, 0) is 50.6 Å². The summed E-state index contributed by atoms with van der Waals surface area (Å²) in [4.78, 5) is 2.23. The summed E-state index contributed by atoms with van der Waals surface area (Å²) in [6, 6.07) is 5.13. The van der Waals surface area contributed by atoms with Crippen LogP contribution in [0.4, 0.5) is 4.39 Å². The van der Waals surface area contributed by atoms with Gasteiger partial charge in [0.05, 0.1) is 0 Å². The highest BCUT2D eigenvalue weighted by Crippen LogP contribution is 2.17. The van der Waals surface area contributed by atoms with E-state index in [9.17, 15) is 4.39 Å². The maximum Gasteiger partial charge on any atom is 0.126 e. The molecule has 0 saturated heterocycles. The van der Waals surface area contributed by atoms with E-state index in [-0.39, 0.29) is 11.9 Å². The Balaban J connectivity index is 2.37. The number of methoxy groups -OCH3 is 1. The Bertz CT molecular complexity index is 384. The van der Waals surface area contributed by atoms with Crippen molar-refractivity contribution in [1.29, 1.82) is 0 Å². The van der Waals surface area contributed by atoms with E-state index in [0.29, 0.717) is 5.56 Å². The molecule has 0 aliphatic carbocycles. The molecule has 0 aliphatic rings. The number of hydrogen-bond acceptors (Lipinski definition) is 3. The zero-order valence-electron chi connectivity index (χ0n) is 12.2. The zero-order valence-corrected chi connectivity index (χ0v) is 12.2. The summed E-state index contributed by atoms with van der Waals surface area (Å²) in [5.74, 6) is -0.179. The lowest BCUT2D eigenvalue weighted by molar-refractivity contribution is 0.178. The molecule has 1 rings (SSSR count). The second-order valence-electron chi connectivity index (χ2n) is 5.05. The smallest absolute Gasteiger partial charge is 0.126 e. The predicted octanol–water partition coefficient (Wildman–Crippen LogP) is 2.49. The molecule has 1 aromatic carbocycles. The summed E-state index contributed by atoms with van der Waals surface area (Å²) in [5.41, 5.74) is 7.63. The highest BCUT2D eigenvalue weighted by Gasteiger charge is 2.09. The summed E-state index contributed by atoms with van der Waals surface area (Å²) in [5, 5.41) is 0. The summed E-state index contributed by atoms with van der Waals surface area (Å²) in [7, 11) is 3.78. The number of benzene rings is 1. The van der Waals surface area contributed by atoms with Crippen LogP contribution in [-0.2, 0) is 4.74 Å². The highest BCUT2D eigenvalue weighted by molar-refractivity contribution is 5.25. The molecule has 2 N–H and O–H groups in total. The molecule has 1 unspecified atom stereocenters. The fourth-order valence-electron chi connectivity index (χ4n) is 1.96. The first-order valence-corrected chi connectivity index (χ1v) is 6.73. The van der Waals surface area contributed by atoms with Gasteiger partial charge in [0.15, 0.2) is 0 Å². The van der Waals surface area contributed by atoms with Crippen LogP contribution in [0.15, 0.2) is 18.2 Å². The number of nitrogens with zero attached hydrogens (tertiary/aromatic N) is 1. The maximum atomic E-state index is 13.5. The number of halogens is 1. The lowest BCUT2D eigenvalue weighted by Gasteiger charge is -2.19. The fraction of sp³-hybridized carbons (Fsp3) is 0.600. The molecule has 108 valence electrons. The third-order valence-corrected chi connectivity index (χ3v) is 3.33. The highest BCUT2D eigenvalue weighted by atomic mass is 19.1. The van der Waals surface area contributed by atoms with Gasteiger partial charge in [0.25, 0.3) is 0 Å². The molecule has 4 heteroatoms. The molecule has 0 aliphatic heterocycles. The molecule has 0 radical (unpaired) electrons. The van der Waals surface area contributed by atoms with Crippen LogP contribution < -0.4 is 5.73 Å². The molecular weight excluding hydrogens is 243 g/mol. The molecule has 1 atom stereocenters. The molecule has 0 aromatic heterocycles. The molecule has 0 heterocycles. The Morgan fingerprint density at radius 1 is 1.37 bits per heavy atom. The van der Waals surface area contributed by atoms with E-state index in [1.807, 2.05) is 6.07 Å². The van der Waals surface area contributed by atoms with Crippen molar-refractivity contribution >= 4 is 0 Å². The average molecular weight is 268 g/mol. The topological polar surface area (TPSA) is 38.5 Å². The van der Waals surface area contributed by atoms with Gasteiger partial charge in [0.2, 0.25) is 0 Å². The van der Waals surface area contributed by atoms with Crippen molar-refractivity contribution in [3.63, 3.8) is 0 Å². The summed E-state index contributed by atoms with van der Waals surface area (Å²) < 4.78 is 18.5. The van der Waals surface area contributed by atoms with Gasteiger partial charge in [-0.3, -0.25) is 0 Å². The van der Waals surface area contributed by atoms with Crippen molar-refractivity contribution in [3.05, 3.63) is 35.1 Å². The normalized spacial score (nSPS) is 12.9. The van der Waals surface area contributed by atoms with Crippen molar-refractivity contribution in [2.45, 2.75) is 25.8 Å². The van der Waals surface area contributed by atoms with Crippen LogP contribution in [0.25, 0.3) is 0 Å². The number of ether oxygens (including phenoxy) is 1. The largest absolute Gasteiger partial charge is 0.385 e. The lowest BCUT2D eigenvalue weighted by Crippen LogP contribution is -2.25. The van der Waals surface area contributed by atoms with E-state index in [0.717, 1.165) is 38.1 Å². The second-order valence-corrected chi connectivity index (χ2v) is 5.05. The summed E-state index contributed by atoms with van der Waals surface area (Å²) in [6.07, 6.45) is 1.84. The molecule has 0 spiro atoms. The maximum absolute atomic E-state index is 13.5. The van der Waals surface area contributed by atoms with Gasteiger partial charge >= 0.3 is 0 Å². The van der Waals surface area contributed by atoms with Crippen LogP contribution in [-0.4, -0.2) is 38.8 Å². The Morgan fingerprint density at radius 3 is 2.74 bits per heavy atom. The molecule has 19 heavy (non-hydrogen) atoms.